The summed E-state index contributed by atoms with van der Waals surface area (Å²) in [5, 5.41) is 4.98. The lowest BCUT2D eigenvalue weighted by molar-refractivity contribution is -0.115. The van der Waals surface area contributed by atoms with Crippen molar-refractivity contribution in [2.45, 2.75) is 44.2 Å². The van der Waals surface area contributed by atoms with Crippen LogP contribution in [0.5, 0.6) is 0 Å². The number of anilines is 1. The topological polar surface area (TPSA) is 42.0 Å². The number of nitrogens with zero attached hydrogens (tertiary/aromatic N) is 1. The van der Waals surface area contributed by atoms with Gasteiger partial charge in [0.2, 0.25) is 5.91 Å². The van der Waals surface area contributed by atoms with E-state index < -0.39 is 0 Å². The van der Waals surface area contributed by atoms with Crippen molar-refractivity contribution in [3.05, 3.63) is 75.3 Å². The van der Waals surface area contributed by atoms with Gasteiger partial charge >= 0.3 is 0 Å². The maximum absolute atomic E-state index is 12.4. The predicted octanol–water partition coefficient (Wildman–Crippen LogP) is 5.85. The average Bonchev–Trinajstić information content (AvgIpc) is 3.07. The maximum atomic E-state index is 12.4. The van der Waals surface area contributed by atoms with Crippen LogP contribution in [0.4, 0.5) is 5.69 Å². The summed E-state index contributed by atoms with van der Waals surface area (Å²) in [6.07, 6.45) is 0.300. The fourth-order valence-corrected chi connectivity index (χ4v) is 4.68. The van der Waals surface area contributed by atoms with Crippen molar-refractivity contribution >= 4 is 34.7 Å². The molecule has 5 heteroatoms. The number of nitrogens with one attached hydrogen (secondary N) is 1. The minimum absolute atomic E-state index is 0.0277. The monoisotopic (exact) mass is 396 g/mol. The summed E-state index contributed by atoms with van der Waals surface area (Å²) in [6.45, 7) is 8.32. The summed E-state index contributed by atoms with van der Waals surface area (Å²) in [7, 11) is 0. The molecule has 3 nitrogen and oxygen atoms in total. The van der Waals surface area contributed by atoms with Gasteiger partial charge in [-0.25, -0.2) is 4.98 Å². The third-order valence-electron chi connectivity index (χ3n) is 4.61. The molecule has 0 fully saturated rings. The van der Waals surface area contributed by atoms with Gasteiger partial charge < -0.3 is 5.32 Å². The van der Waals surface area contributed by atoms with Crippen LogP contribution in [-0.4, -0.2) is 10.9 Å². The Morgan fingerprint density at radius 1 is 1.11 bits per heavy atom. The average molecular weight is 397 g/mol. The van der Waals surface area contributed by atoms with E-state index >= 15 is 0 Å². The molecule has 0 spiro atoms. The molecule has 1 N–H and O–H groups in total. The molecule has 0 unspecified atom stereocenters. The van der Waals surface area contributed by atoms with Crippen molar-refractivity contribution in [1.29, 1.82) is 0 Å². The Bertz CT molecular complexity index is 963. The van der Waals surface area contributed by atoms with Crippen molar-refractivity contribution in [3.8, 4) is 0 Å². The number of amides is 1. The zero-order chi connectivity index (χ0) is 19.4. The van der Waals surface area contributed by atoms with Gasteiger partial charge in [0.25, 0.3) is 0 Å². The number of rotatable bonds is 6. The first-order valence-corrected chi connectivity index (χ1v) is 10.8. The third-order valence-corrected chi connectivity index (χ3v) is 6.73. The highest BCUT2D eigenvalue weighted by Gasteiger charge is 2.11. The SMILES string of the molecule is Cc1ccc(C)c(CSc2nc(CC(=O)Nc3cccc(C)c3C)cs2)c1. The smallest absolute Gasteiger partial charge is 0.230 e. The summed E-state index contributed by atoms with van der Waals surface area (Å²) in [5.41, 5.74) is 7.90. The Morgan fingerprint density at radius 2 is 1.93 bits per heavy atom. The summed E-state index contributed by atoms with van der Waals surface area (Å²) >= 11 is 3.33. The van der Waals surface area contributed by atoms with E-state index in [1.165, 1.54) is 22.3 Å². The number of aromatic nitrogens is 1. The number of benzene rings is 2. The third kappa shape index (κ3) is 5.21. The molecule has 0 radical (unpaired) electrons. The Hall–Kier alpha value is -2.11. The van der Waals surface area contributed by atoms with Crippen molar-refractivity contribution in [2.75, 3.05) is 5.32 Å². The number of thiazole rings is 1. The number of aryl methyl sites for hydroxylation is 3. The first kappa shape index (κ1) is 19.6. The first-order chi connectivity index (χ1) is 12.9. The minimum Gasteiger partial charge on any atom is -0.325 e. The standard InChI is InChI=1S/C22H24N2OS2/c1-14-8-9-16(3)18(10-14)12-26-22-23-19(13-27-22)11-21(25)24-20-7-5-6-15(2)17(20)4/h5-10,13H,11-12H2,1-4H3,(H,24,25). The minimum atomic E-state index is -0.0277. The van der Waals surface area contributed by atoms with Crippen LogP contribution in [0.2, 0.25) is 0 Å². The second-order valence-corrected chi connectivity index (χ2v) is 8.88. The molecule has 0 atom stereocenters. The molecule has 1 aromatic heterocycles. The fraction of sp³-hybridized carbons (Fsp3) is 0.273. The molecule has 140 valence electrons. The lowest BCUT2D eigenvalue weighted by Gasteiger charge is -2.09. The first-order valence-electron chi connectivity index (χ1n) is 8.92. The van der Waals surface area contributed by atoms with E-state index in [0.717, 1.165) is 27.0 Å². The van der Waals surface area contributed by atoms with E-state index in [-0.39, 0.29) is 5.91 Å². The van der Waals surface area contributed by atoms with E-state index in [1.54, 1.807) is 23.1 Å². The molecule has 3 rings (SSSR count). The van der Waals surface area contributed by atoms with Crippen LogP contribution < -0.4 is 5.32 Å². The molecule has 0 aliphatic heterocycles. The van der Waals surface area contributed by atoms with Crippen LogP contribution in [0, 0.1) is 27.7 Å². The molecule has 1 amide bonds. The zero-order valence-corrected chi connectivity index (χ0v) is 17.8. The van der Waals surface area contributed by atoms with Crippen molar-refractivity contribution in [1.82, 2.24) is 4.98 Å². The molecule has 0 bridgehead atoms. The largest absolute Gasteiger partial charge is 0.325 e. The number of hydrogen-bond donors (Lipinski definition) is 1. The van der Waals surface area contributed by atoms with Crippen LogP contribution >= 0.6 is 23.1 Å². The van der Waals surface area contributed by atoms with E-state index in [4.69, 9.17) is 0 Å². The van der Waals surface area contributed by atoms with Gasteiger partial charge in [-0.3, -0.25) is 4.79 Å². The lowest BCUT2D eigenvalue weighted by Crippen LogP contribution is -2.15. The van der Waals surface area contributed by atoms with Crippen molar-refractivity contribution < 1.29 is 4.79 Å². The maximum Gasteiger partial charge on any atom is 0.230 e. The summed E-state index contributed by atoms with van der Waals surface area (Å²) in [5.74, 6) is 0.870. The predicted molar refractivity (Wildman–Crippen MR) is 116 cm³/mol. The Morgan fingerprint density at radius 3 is 2.74 bits per heavy atom. The molecular weight excluding hydrogens is 372 g/mol. The molecule has 0 aliphatic rings. The lowest BCUT2D eigenvalue weighted by atomic mass is 10.1. The Labute approximate surface area is 169 Å². The quantitative estimate of drug-likeness (QED) is 0.531. The van der Waals surface area contributed by atoms with Gasteiger partial charge in [-0.1, -0.05) is 47.7 Å². The van der Waals surface area contributed by atoms with Gasteiger partial charge in [-0.05, 0) is 56.0 Å². The van der Waals surface area contributed by atoms with E-state index in [0.29, 0.717) is 6.42 Å². The molecule has 0 aliphatic carbocycles. The number of carbonyl (C=O) groups excluding carboxylic acids is 1. The van der Waals surface area contributed by atoms with E-state index in [1.807, 2.05) is 37.4 Å². The molecule has 0 saturated carbocycles. The van der Waals surface area contributed by atoms with Gasteiger partial charge in [0.15, 0.2) is 0 Å². The number of carbonyl (C=O) groups is 1. The van der Waals surface area contributed by atoms with Crippen LogP contribution in [0.25, 0.3) is 0 Å². The highest BCUT2D eigenvalue weighted by molar-refractivity contribution is 8.00. The highest BCUT2D eigenvalue weighted by atomic mass is 32.2. The Kier molecular flexibility index (Phi) is 6.34. The van der Waals surface area contributed by atoms with Crippen molar-refractivity contribution in [2.24, 2.45) is 0 Å². The summed E-state index contributed by atoms with van der Waals surface area (Å²) in [6, 6.07) is 12.5. The van der Waals surface area contributed by atoms with Gasteiger partial charge in [0, 0.05) is 16.8 Å². The second kappa shape index (κ2) is 8.72. The molecule has 27 heavy (non-hydrogen) atoms. The number of thioether (sulfide) groups is 1. The summed E-state index contributed by atoms with van der Waals surface area (Å²) < 4.78 is 1.01. The van der Waals surface area contributed by atoms with E-state index in [2.05, 4.69) is 42.3 Å². The van der Waals surface area contributed by atoms with Crippen LogP contribution in [0.15, 0.2) is 46.1 Å². The van der Waals surface area contributed by atoms with E-state index in [9.17, 15) is 4.79 Å². The van der Waals surface area contributed by atoms with Gasteiger partial charge in [0.1, 0.15) is 4.34 Å². The molecule has 3 aromatic rings. The Balaban J connectivity index is 1.58. The van der Waals surface area contributed by atoms with Gasteiger partial charge in [-0.2, -0.15) is 0 Å². The number of hydrogen-bond acceptors (Lipinski definition) is 4. The van der Waals surface area contributed by atoms with Gasteiger partial charge in [0.05, 0.1) is 12.1 Å². The van der Waals surface area contributed by atoms with Crippen molar-refractivity contribution in [3.63, 3.8) is 0 Å². The van der Waals surface area contributed by atoms with Crippen LogP contribution in [0.1, 0.15) is 33.5 Å². The molecule has 1 heterocycles. The zero-order valence-electron chi connectivity index (χ0n) is 16.1. The highest BCUT2D eigenvalue weighted by Crippen LogP contribution is 2.28. The normalized spacial score (nSPS) is 10.8. The molecular formula is C22H24N2OS2. The molecule has 0 saturated heterocycles. The van der Waals surface area contributed by atoms with Crippen LogP contribution in [0.3, 0.4) is 0 Å². The van der Waals surface area contributed by atoms with Gasteiger partial charge in [-0.15, -0.1) is 11.3 Å². The molecule has 2 aromatic carbocycles. The summed E-state index contributed by atoms with van der Waals surface area (Å²) in [4.78, 5) is 17.0. The fourth-order valence-electron chi connectivity index (χ4n) is 2.78. The second-order valence-electron chi connectivity index (χ2n) is 6.80. The van der Waals surface area contributed by atoms with Crippen LogP contribution in [-0.2, 0) is 17.0 Å².